The van der Waals surface area contributed by atoms with Crippen LogP contribution in [0.1, 0.15) is 88.0 Å². The van der Waals surface area contributed by atoms with E-state index in [0.717, 1.165) is 20.2 Å². The lowest BCUT2D eigenvalue weighted by Gasteiger charge is -2.56. The second-order valence-corrected chi connectivity index (χ2v) is 22.2. The van der Waals surface area contributed by atoms with Crippen LogP contribution in [0.2, 0.25) is 5.04 Å². The Labute approximate surface area is 310 Å². The number of amides is 1. The molecular weight excluding hydrogens is 671 g/mol. The quantitative estimate of drug-likeness (QED) is 0.204. The van der Waals surface area contributed by atoms with E-state index in [1.165, 1.54) is 0 Å². The molecule has 274 valence electrons. The monoisotopic (exact) mass is 727 g/mol. The number of thioether (sulfide) groups is 1. The number of ether oxygens (including phenoxy) is 1. The van der Waals surface area contributed by atoms with Crippen molar-refractivity contribution in [3.8, 4) is 0 Å². The topological polar surface area (TPSA) is 87.1 Å². The van der Waals surface area contributed by atoms with E-state index < -0.39 is 47.5 Å². The van der Waals surface area contributed by atoms with Crippen LogP contribution in [0.15, 0.2) is 107 Å². The molecular formula is C43H57NO5SSi. The van der Waals surface area contributed by atoms with Gasteiger partial charge in [0.15, 0.2) is 5.78 Å². The molecule has 51 heavy (non-hydrogen) atoms. The number of rotatable bonds is 10. The van der Waals surface area contributed by atoms with Gasteiger partial charge in [0.1, 0.15) is 11.1 Å². The minimum absolute atomic E-state index is 0.0855. The summed E-state index contributed by atoms with van der Waals surface area (Å²) in [6, 6.07) is 30.4. The smallest absolute Gasteiger partial charge is 0.411 e. The predicted octanol–water partition coefficient (Wildman–Crippen LogP) is 8.36. The van der Waals surface area contributed by atoms with Crippen LogP contribution in [-0.2, 0) is 9.53 Å². The van der Waals surface area contributed by atoms with Gasteiger partial charge in [-0.15, -0.1) is 0 Å². The molecule has 1 fully saturated rings. The van der Waals surface area contributed by atoms with Crippen LogP contribution >= 0.6 is 11.8 Å². The first-order chi connectivity index (χ1) is 23.7. The molecule has 3 aromatic carbocycles. The van der Waals surface area contributed by atoms with Gasteiger partial charge in [-0.05, 0) is 116 Å². The third-order valence-electron chi connectivity index (χ3n) is 11.6. The van der Waals surface area contributed by atoms with Crippen LogP contribution in [0.3, 0.4) is 0 Å². The summed E-state index contributed by atoms with van der Waals surface area (Å²) < 4.78 is 5.85. The van der Waals surface area contributed by atoms with E-state index in [1.54, 1.807) is 23.6 Å². The number of carbonyl (C=O) groups is 2. The molecule has 0 radical (unpaired) electrons. The molecule has 0 spiro atoms. The number of hydrogen-bond donors (Lipinski definition) is 2. The molecule has 1 aliphatic carbocycles. The molecule has 3 aromatic rings. The normalized spacial score (nSPS) is 25.3. The summed E-state index contributed by atoms with van der Waals surface area (Å²) in [4.78, 5) is 44.5. The van der Waals surface area contributed by atoms with Crippen molar-refractivity contribution >= 4 is 42.3 Å². The lowest BCUT2D eigenvalue weighted by atomic mass is 9.55. The van der Waals surface area contributed by atoms with Gasteiger partial charge >= 0.3 is 6.09 Å². The summed E-state index contributed by atoms with van der Waals surface area (Å²) >= 11 is 1.67. The van der Waals surface area contributed by atoms with Crippen LogP contribution in [0.4, 0.5) is 4.79 Å². The molecule has 6 nitrogen and oxygen atoms in total. The molecule has 0 unspecified atom stereocenters. The molecule has 8 heteroatoms. The Hall–Kier alpha value is -3.17. The number of Topliss-reactive ketones (excluding diaryl/α,β-unsaturated/α-hetero) is 1. The molecule has 5 rings (SSSR count). The van der Waals surface area contributed by atoms with Gasteiger partial charge in [0.25, 0.3) is 8.32 Å². The summed E-state index contributed by atoms with van der Waals surface area (Å²) in [5.41, 5.74) is -3.67. The van der Waals surface area contributed by atoms with Gasteiger partial charge in [0.05, 0.1) is 5.60 Å². The average Bonchev–Trinajstić information content (AvgIpc) is 3.51. The van der Waals surface area contributed by atoms with Gasteiger partial charge in [0.2, 0.25) is 0 Å². The van der Waals surface area contributed by atoms with Crippen molar-refractivity contribution < 1.29 is 24.2 Å². The van der Waals surface area contributed by atoms with Gasteiger partial charge in [-0.3, -0.25) is 9.69 Å². The Bertz CT molecular complexity index is 1680. The number of ketones is 1. The maximum atomic E-state index is 13.8. The standard InChI is InChI=1S/C43H57NO5SSi/c1-31(45)43(26-19-27-44(43)38(46)49-39(2,3)4)30-37-41(7,8)35(36(29-42(37,9)47)50-32-20-13-10-14-21-32)28-40(5,6)51(48,33-22-15-11-16-23-33)34-24-17-12-18-25-34/h10-18,20-25,29,35,37,47-48H,19,26-28,30H2,1-9H3/t35-,37-,42+,43-/m1/s1. The van der Waals surface area contributed by atoms with E-state index >= 15 is 0 Å². The van der Waals surface area contributed by atoms with E-state index in [1.807, 2.05) is 88.4 Å². The number of aliphatic hydroxyl groups is 1. The molecule has 1 amide bonds. The molecule has 1 saturated heterocycles. The highest BCUT2D eigenvalue weighted by atomic mass is 32.2. The number of likely N-dealkylation sites (tertiary alicyclic amines) is 1. The minimum atomic E-state index is -3.39. The summed E-state index contributed by atoms with van der Waals surface area (Å²) in [6.07, 6.45) is 3.66. The fourth-order valence-electron chi connectivity index (χ4n) is 8.90. The van der Waals surface area contributed by atoms with Gasteiger partial charge in [-0.2, -0.15) is 0 Å². The van der Waals surface area contributed by atoms with E-state index in [-0.39, 0.29) is 11.7 Å². The first kappa shape index (κ1) is 39.0. The van der Waals surface area contributed by atoms with Crippen LogP contribution in [-0.4, -0.2) is 58.3 Å². The molecule has 4 atom stereocenters. The molecule has 0 aromatic heterocycles. The first-order valence-electron chi connectivity index (χ1n) is 18.3. The summed E-state index contributed by atoms with van der Waals surface area (Å²) in [5, 5.41) is 13.9. The highest BCUT2D eigenvalue weighted by Crippen LogP contribution is 2.60. The predicted molar refractivity (Wildman–Crippen MR) is 211 cm³/mol. The fraction of sp³-hybridized carbons (Fsp3) is 0.488. The number of allylic oxidation sites excluding steroid dienone is 1. The third-order valence-corrected chi connectivity index (χ3v) is 17.3. The Morgan fingerprint density at radius 2 is 1.39 bits per heavy atom. The second-order valence-electron chi connectivity index (χ2n) is 17.2. The van der Waals surface area contributed by atoms with Crippen LogP contribution < -0.4 is 10.4 Å². The molecule has 2 aliphatic rings. The zero-order valence-corrected chi connectivity index (χ0v) is 33.7. The summed E-state index contributed by atoms with van der Waals surface area (Å²) in [6.45, 7) is 18.2. The van der Waals surface area contributed by atoms with Gasteiger partial charge < -0.3 is 14.6 Å². The van der Waals surface area contributed by atoms with Crippen molar-refractivity contribution in [1.29, 1.82) is 0 Å². The number of nitrogens with zero attached hydrogens (tertiary/aromatic N) is 1. The average molecular weight is 728 g/mol. The Kier molecular flexibility index (Phi) is 11.0. The van der Waals surface area contributed by atoms with Crippen LogP contribution in [0.5, 0.6) is 0 Å². The lowest BCUT2D eigenvalue weighted by molar-refractivity contribution is -0.133. The van der Waals surface area contributed by atoms with Gasteiger partial charge in [-0.25, -0.2) is 4.79 Å². The van der Waals surface area contributed by atoms with E-state index in [0.29, 0.717) is 32.2 Å². The molecule has 2 N–H and O–H groups in total. The lowest BCUT2D eigenvalue weighted by Crippen LogP contribution is -2.66. The molecule has 0 bridgehead atoms. The summed E-state index contributed by atoms with van der Waals surface area (Å²) in [5.74, 6) is -0.589. The van der Waals surface area contributed by atoms with Crippen molar-refractivity contribution in [2.45, 2.75) is 115 Å². The molecule has 0 saturated carbocycles. The number of benzene rings is 3. The van der Waals surface area contributed by atoms with Gasteiger partial charge in [0, 0.05) is 11.4 Å². The van der Waals surface area contributed by atoms with Gasteiger partial charge in [-0.1, -0.05) is 118 Å². The Balaban J connectivity index is 1.64. The maximum absolute atomic E-state index is 13.8. The second kappa shape index (κ2) is 14.3. The molecule has 1 heterocycles. The highest BCUT2D eigenvalue weighted by molar-refractivity contribution is 8.03. The number of hydrogen-bond acceptors (Lipinski definition) is 6. The van der Waals surface area contributed by atoms with E-state index in [2.05, 4.69) is 64.1 Å². The number of carbonyl (C=O) groups excluding carboxylic acids is 2. The highest BCUT2D eigenvalue weighted by Gasteiger charge is 2.60. The van der Waals surface area contributed by atoms with E-state index in [9.17, 15) is 19.5 Å². The van der Waals surface area contributed by atoms with Crippen molar-refractivity contribution in [2.24, 2.45) is 17.3 Å². The van der Waals surface area contributed by atoms with Crippen LogP contribution in [0.25, 0.3) is 0 Å². The SMILES string of the molecule is CC(=O)[C@]1(C[C@@H]2C(C)(C)[C@H](CC(C)(C)[Si](O)(c3ccccc3)c3ccccc3)C(Sc3ccccc3)=C[C@]2(C)O)CCCN1C(=O)OC(C)(C)C. The Morgan fingerprint density at radius 3 is 1.88 bits per heavy atom. The Morgan fingerprint density at radius 1 is 0.882 bits per heavy atom. The maximum Gasteiger partial charge on any atom is 0.411 e. The van der Waals surface area contributed by atoms with Crippen molar-refractivity contribution in [2.75, 3.05) is 6.54 Å². The summed E-state index contributed by atoms with van der Waals surface area (Å²) in [7, 11) is -3.39. The van der Waals surface area contributed by atoms with E-state index in [4.69, 9.17) is 4.74 Å². The zero-order valence-electron chi connectivity index (χ0n) is 31.9. The van der Waals surface area contributed by atoms with Crippen molar-refractivity contribution in [1.82, 2.24) is 4.90 Å². The van der Waals surface area contributed by atoms with Crippen molar-refractivity contribution in [3.63, 3.8) is 0 Å². The minimum Gasteiger partial charge on any atom is -0.444 e. The zero-order chi connectivity index (χ0) is 37.5. The first-order valence-corrected chi connectivity index (χ1v) is 21.0. The van der Waals surface area contributed by atoms with Crippen molar-refractivity contribution in [3.05, 3.63) is 102 Å². The fourth-order valence-corrected chi connectivity index (χ4v) is 14.0. The molecule has 1 aliphatic heterocycles. The third kappa shape index (κ3) is 7.66. The van der Waals surface area contributed by atoms with Crippen LogP contribution in [0, 0.1) is 17.3 Å². The largest absolute Gasteiger partial charge is 0.444 e.